The molecule has 0 aliphatic carbocycles. The van der Waals surface area contributed by atoms with Gasteiger partial charge in [0, 0.05) is 6.20 Å². The van der Waals surface area contributed by atoms with Crippen molar-refractivity contribution in [2.75, 3.05) is 11.1 Å². The lowest BCUT2D eigenvalue weighted by atomic mass is 10.1. The van der Waals surface area contributed by atoms with Crippen molar-refractivity contribution in [2.45, 2.75) is 31.3 Å². The highest BCUT2D eigenvalue weighted by molar-refractivity contribution is 7.99. The van der Waals surface area contributed by atoms with Gasteiger partial charge in [0.25, 0.3) is 0 Å². The van der Waals surface area contributed by atoms with Gasteiger partial charge in [-0.1, -0.05) is 48.8 Å². The molecule has 0 saturated heterocycles. The van der Waals surface area contributed by atoms with Crippen molar-refractivity contribution in [1.29, 1.82) is 0 Å². The Labute approximate surface area is 166 Å². The summed E-state index contributed by atoms with van der Waals surface area (Å²) in [5, 5.41) is 15.5. The Bertz CT molecular complexity index is 882. The van der Waals surface area contributed by atoms with Gasteiger partial charge >= 0.3 is 0 Å². The van der Waals surface area contributed by atoms with E-state index in [4.69, 9.17) is 11.6 Å². The van der Waals surface area contributed by atoms with Gasteiger partial charge in [-0.2, -0.15) is 4.68 Å². The molecule has 2 aromatic heterocycles. The Hall–Kier alpha value is -2.45. The Morgan fingerprint density at radius 1 is 1.22 bits per heavy atom. The minimum absolute atomic E-state index is 0.166. The molecule has 0 fully saturated rings. The summed E-state index contributed by atoms with van der Waals surface area (Å²) in [6.07, 6.45) is 4.88. The minimum atomic E-state index is -0.195. The number of rotatable bonds is 8. The maximum absolute atomic E-state index is 12.1. The fourth-order valence-electron chi connectivity index (χ4n) is 2.37. The lowest BCUT2D eigenvalue weighted by Gasteiger charge is -2.06. The van der Waals surface area contributed by atoms with Gasteiger partial charge in [-0.25, -0.2) is 4.98 Å². The normalized spacial score (nSPS) is 10.7. The van der Waals surface area contributed by atoms with E-state index in [1.165, 1.54) is 36.4 Å². The maximum Gasteiger partial charge on any atom is 0.236 e. The number of tetrazole rings is 1. The zero-order valence-electron chi connectivity index (χ0n) is 14.8. The van der Waals surface area contributed by atoms with Crippen LogP contribution in [0.15, 0.2) is 47.8 Å². The molecule has 2 heterocycles. The van der Waals surface area contributed by atoms with Crippen LogP contribution in [0.2, 0.25) is 5.02 Å². The van der Waals surface area contributed by atoms with E-state index < -0.39 is 0 Å². The highest BCUT2D eigenvalue weighted by atomic mass is 35.5. The van der Waals surface area contributed by atoms with Crippen molar-refractivity contribution in [2.24, 2.45) is 0 Å². The number of carbonyl (C=O) groups excluding carboxylic acids is 1. The monoisotopic (exact) mass is 402 g/mol. The van der Waals surface area contributed by atoms with Crippen LogP contribution in [0.4, 0.5) is 5.82 Å². The number of halogens is 1. The third kappa shape index (κ3) is 5.51. The van der Waals surface area contributed by atoms with Crippen molar-refractivity contribution in [3.05, 3.63) is 53.2 Å². The van der Waals surface area contributed by atoms with Crippen molar-refractivity contribution in [1.82, 2.24) is 25.2 Å². The van der Waals surface area contributed by atoms with Crippen molar-refractivity contribution >= 4 is 35.1 Å². The molecule has 0 unspecified atom stereocenters. The van der Waals surface area contributed by atoms with Crippen LogP contribution in [-0.2, 0) is 11.2 Å². The van der Waals surface area contributed by atoms with Crippen LogP contribution >= 0.6 is 23.4 Å². The molecule has 1 aromatic carbocycles. The van der Waals surface area contributed by atoms with Crippen LogP contribution in [-0.4, -0.2) is 36.9 Å². The third-order valence-electron chi connectivity index (χ3n) is 3.77. The van der Waals surface area contributed by atoms with Crippen molar-refractivity contribution in [3.63, 3.8) is 0 Å². The number of nitrogens with zero attached hydrogens (tertiary/aromatic N) is 5. The van der Waals surface area contributed by atoms with E-state index in [0.717, 1.165) is 12.1 Å². The Kier molecular flexibility index (Phi) is 6.78. The van der Waals surface area contributed by atoms with Crippen LogP contribution < -0.4 is 5.32 Å². The van der Waals surface area contributed by atoms with E-state index >= 15 is 0 Å². The van der Waals surface area contributed by atoms with Gasteiger partial charge in [0.05, 0.1) is 16.5 Å². The number of unbranched alkanes of at least 4 members (excludes halogenated alkanes) is 1. The summed E-state index contributed by atoms with van der Waals surface area (Å²) < 4.78 is 1.63. The van der Waals surface area contributed by atoms with E-state index in [1.54, 1.807) is 16.8 Å². The molecule has 0 aliphatic heterocycles. The number of aryl methyl sites for hydroxylation is 1. The van der Waals surface area contributed by atoms with Crippen LogP contribution in [0.5, 0.6) is 0 Å². The molecular weight excluding hydrogens is 384 g/mol. The van der Waals surface area contributed by atoms with E-state index in [9.17, 15) is 4.79 Å². The van der Waals surface area contributed by atoms with Gasteiger partial charge in [0.15, 0.2) is 0 Å². The molecule has 7 nitrogen and oxygen atoms in total. The first-order chi connectivity index (χ1) is 13.2. The summed E-state index contributed by atoms with van der Waals surface area (Å²) in [7, 11) is 0. The smallest absolute Gasteiger partial charge is 0.236 e. The van der Waals surface area contributed by atoms with Gasteiger partial charge < -0.3 is 5.32 Å². The van der Waals surface area contributed by atoms with E-state index in [-0.39, 0.29) is 11.7 Å². The third-order valence-corrected chi connectivity index (χ3v) is 4.91. The Balaban J connectivity index is 1.59. The Morgan fingerprint density at radius 2 is 2.04 bits per heavy atom. The number of amides is 1. The highest BCUT2D eigenvalue weighted by Gasteiger charge is 2.12. The molecule has 140 valence electrons. The number of hydrogen-bond donors (Lipinski definition) is 1. The predicted molar refractivity (Wildman–Crippen MR) is 106 cm³/mol. The molecule has 0 radical (unpaired) electrons. The molecule has 0 saturated carbocycles. The first kappa shape index (κ1) is 19.3. The fourth-order valence-corrected chi connectivity index (χ4v) is 3.18. The maximum atomic E-state index is 12.1. The summed E-state index contributed by atoms with van der Waals surface area (Å²) in [4.78, 5) is 16.1. The highest BCUT2D eigenvalue weighted by Crippen LogP contribution is 2.19. The Morgan fingerprint density at radius 3 is 2.74 bits per heavy atom. The number of thioether (sulfide) groups is 1. The van der Waals surface area contributed by atoms with Crippen LogP contribution in [0.3, 0.4) is 0 Å². The largest absolute Gasteiger partial charge is 0.310 e. The molecule has 0 atom stereocenters. The molecule has 3 aromatic rings. The number of carbonyl (C=O) groups is 1. The number of aromatic nitrogens is 5. The minimum Gasteiger partial charge on any atom is -0.310 e. The zero-order chi connectivity index (χ0) is 19.1. The van der Waals surface area contributed by atoms with Crippen molar-refractivity contribution in [3.8, 4) is 5.69 Å². The quantitative estimate of drug-likeness (QED) is 0.577. The molecule has 27 heavy (non-hydrogen) atoms. The molecular formula is C18H19ClN6OS. The van der Waals surface area contributed by atoms with Gasteiger partial charge in [0.2, 0.25) is 11.1 Å². The number of hydrogen-bond acceptors (Lipinski definition) is 6. The fraction of sp³-hybridized carbons (Fsp3) is 0.278. The molecule has 1 N–H and O–H groups in total. The standard InChI is InChI=1S/C18H19ClN6OS/c1-2-3-4-13-5-8-15(9-6-13)25-18(22-23-24-25)27-12-17(26)21-16-10-7-14(19)11-20-16/h5-11H,2-4,12H2,1H3,(H,20,21,26). The first-order valence-corrected chi connectivity index (χ1v) is 9.94. The molecule has 0 aliphatic rings. The van der Waals surface area contributed by atoms with E-state index in [2.05, 4.69) is 44.9 Å². The number of anilines is 1. The zero-order valence-corrected chi connectivity index (χ0v) is 16.4. The first-order valence-electron chi connectivity index (χ1n) is 8.57. The van der Waals surface area contributed by atoms with Gasteiger partial charge in [-0.15, -0.1) is 5.10 Å². The number of benzene rings is 1. The van der Waals surface area contributed by atoms with Crippen molar-refractivity contribution < 1.29 is 4.79 Å². The van der Waals surface area contributed by atoms with Crippen LogP contribution in [0, 0.1) is 0 Å². The second kappa shape index (κ2) is 9.48. The molecule has 3 rings (SSSR count). The second-order valence-corrected chi connectivity index (χ2v) is 7.22. The van der Waals surface area contributed by atoms with Gasteiger partial charge in [0.1, 0.15) is 5.82 Å². The summed E-state index contributed by atoms with van der Waals surface area (Å²) in [6.45, 7) is 2.18. The second-order valence-electron chi connectivity index (χ2n) is 5.84. The summed E-state index contributed by atoms with van der Waals surface area (Å²) in [6, 6.07) is 11.5. The average Bonchev–Trinajstić information content (AvgIpc) is 3.15. The summed E-state index contributed by atoms with van der Waals surface area (Å²) in [5.74, 6) is 0.422. The lowest BCUT2D eigenvalue weighted by Crippen LogP contribution is -2.15. The van der Waals surface area contributed by atoms with Crippen LogP contribution in [0.25, 0.3) is 5.69 Å². The summed E-state index contributed by atoms with van der Waals surface area (Å²) in [5.41, 5.74) is 2.15. The average molecular weight is 403 g/mol. The van der Waals surface area contributed by atoms with Gasteiger partial charge in [-0.05, 0) is 53.1 Å². The molecule has 9 heteroatoms. The van der Waals surface area contributed by atoms with E-state index in [0.29, 0.717) is 16.0 Å². The van der Waals surface area contributed by atoms with Crippen LogP contribution in [0.1, 0.15) is 25.3 Å². The number of pyridine rings is 1. The molecule has 1 amide bonds. The SMILES string of the molecule is CCCCc1ccc(-n2nnnc2SCC(=O)Nc2ccc(Cl)cn2)cc1. The van der Waals surface area contributed by atoms with E-state index in [1.807, 2.05) is 12.1 Å². The summed E-state index contributed by atoms with van der Waals surface area (Å²) >= 11 is 7.04. The lowest BCUT2D eigenvalue weighted by molar-refractivity contribution is -0.113. The number of nitrogens with one attached hydrogen (secondary N) is 1. The topological polar surface area (TPSA) is 85.6 Å². The van der Waals surface area contributed by atoms with Gasteiger partial charge in [-0.3, -0.25) is 4.79 Å². The molecule has 0 spiro atoms. The predicted octanol–water partition coefficient (Wildman–Crippen LogP) is 3.78. The molecule has 0 bridgehead atoms.